The van der Waals surface area contributed by atoms with Crippen molar-refractivity contribution >= 4 is 23.4 Å². The highest BCUT2D eigenvalue weighted by Gasteiger charge is 2.09. The molecule has 0 atom stereocenters. The van der Waals surface area contributed by atoms with Crippen LogP contribution in [-0.4, -0.2) is 21.6 Å². The minimum absolute atomic E-state index is 0.0474. The molecule has 1 aromatic heterocycles. The van der Waals surface area contributed by atoms with Crippen LogP contribution in [0.3, 0.4) is 0 Å². The van der Waals surface area contributed by atoms with E-state index < -0.39 is 0 Å². The fraction of sp³-hybridized carbons (Fsp3) is 0.312. The number of nitrogens with one attached hydrogen (secondary N) is 1. The molecule has 0 unspecified atom stereocenters. The summed E-state index contributed by atoms with van der Waals surface area (Å²) in [5.74, 6) is 0.254. The Labute approximate surface area is 129 Å². The molecule has 0 spiro atoms. The van der Waals surface area contributed by atoms with Crippen LogP contribution in [0.2, 0.25) is 0 Å². The van der Waals surface area contributed by atoms with Crippen molar-refractivity contribution in [2.24, 2.45) is 0 Å². The van der Waals surface area contributed by atoms with Crippen molar-refractivity contribution < 1.29 is 4.79 Å². The molecule has 5 heteroatoms. The van der Waals surface area contributed by atoms with E-state index in [1.165, 1.54) is 11.8 Å². The van der Waals surface area contributed by atoms with E-state index >= 15 is 0 Å². The second-order valence-electron chi connectivity index (χ2n) is 4.95. The van der Waals surface area contributed by atoms with Crippen LogP contribution in [0.5, 0.6) is 0 Å². The van der Waals surface area contributed by atoms with Gasteiger partial charge in [0.25, 0.3) is 0 Å². The third-order valence-corrected chi connectivity index (χ3v) is 4.21. The first-order chi connectivity index (χ1) is 9.97. The molecule has 4 nitrogen and oxygen atoms in total. The van der Waals surface area contributed by atoms with Gasteiger partial charge in [-0.25, -0.2) is 9.97 Å². The van der Waals surface area contributed by atoms with E-state index in [0.717, 1.165) is 28.2 Å². The quantitative estimate of drug-likeness (QED) is 0.694. The van der Waals surface area contributed by atoms with Gasteiger partial charge in [0.05, 0.1) is 5.75 Å². The number of hydrogen-bond acceptors (Lipinski definition) is 4. The highest BCUT2D eigenvalue weighted by atomic mass is 32.2. The standard InChI is InChI=1S/C16H19N3OS/c1-10-7-5-6-8-14(10)19-15(20)9-21-16-17-12(3)11(2)13(4)18-16/h5-8H,9H2,1-4H3,(H,19,20). The maximum Gasteiger partial charge on any atom is 0.234 e. The number of anilines is 1. The lowest BCUT2D eigenvalue weighted by molar-refractivity contribution is -0.113. The minimum Gasteiger partial charge on any atom is -0.325 e. The first-order valence-corrected chi connectivity index (χ1v) is 7.76. The predicted octanol–water partition coefficient (Wildman–Crippen LogP) is 3.44. The van der Waals surface area contributed by atoms with Crippen LogP contribution in [0.1, 0.15) is 22.5 Å². The van der Waals surface area contributed by atoms with Crippen molar-refractivity contribution in [2.75, 3.05) is 11.1 Å². The van der Waals surface area contributed by atoms with Gasteiger partial charge in [-0.3, -0.25) is 4.79 Å². The van der Waals surface area contributed by atoms with Gasteiger partial charge in [-0.2, -0.15) is 0 Å². The molecular formula is C16H19N3OS. The number of rotatable bonds is 4. The molecule has 0 radical (unpaired) electrons. The van der Waals surface area contributed by atoms with Crippen molar-refractivity contribution in [3.63, 3.8) is 0 Å². The maximum absolute atomic E-state index is 12.0. The average molecular weight is 301 g/mol. The summed E-state index contributed by atoms with van der Waals surface area (Å²) >= 11 is 1.36. The van der Waals surface area contributed by atoms with Crippen LogP contribution in [0.4, 0.5) is 5.69 Å². The minimum atomic E-state index is -0.0474. The number of aromatic nitrogens is 2. The van der Waals surface area contributed by atoms with E-state index in [1.807, 2.05) is 52.0 Å². The number of amides is 1. The molecule has 0 fully saturated rings. The van der Waals surface area contributed by atoms with Crippen LogP contribution in [-0.2, 0) is 4.79 Å². The number of aryl methyl sites for hydroxylation is 3. The molecule has 0 bridgehead atoms. The lowest BCUT2D eigenvalue weighted by Gasteiger charge is -2.08. The van der Waals surface area contributed by atoms with Crippen molar-refractivity contribution in [3.05, 3.63) is 46.8 Å². The van der Waals surface area contributed by atoms with Gasteiger partial charge in [0.15, 0.2) is 5.16 Å². The molecule has 2 aromatic rings. The van der Waals surface area contributed by atoms with Gasteiger partial charge < -0.3 is 5.32 Å². The third-order valence-electron chi connectivity index (χ3n) is 3.36. The van der Waals surface area contributed by atoms with Crippen LogP contribution in [0.15, 0.2) is 29.4 Å². The van der Waals surface area contributed by atoms with E-state index in [-0.39, 0.29) is 5.91 Å². The van der Waals surface area contributed by atoms with E-state index in [4.69, 9.17) is 0 Å². The molecule has 0 saturated carbocycles. The largest absolute Gasteiger partial charge is 0.325 e. The van der Waals surface area contributed by atoms with Crippen molar-refractivity contribution in [3.8, 4) is 0 Å². The van der Waals surface area contributed by atoms with Gasteiger partial charge in [-0.15, -0.1) is 0 Å². The number of nitrogens with zero attached hydrogens (tertiary/aromatic N) is 2. The molecule has 0 aliphatic heterocycles. The first-order valence-electron chi connectivity index (χ1n) is 6.77. The number of carbonyl (C=O) groups excluding carboxylic acids is 1. The maximum atomic E-state index is 12.0. The smallest absolute Gasteiger partial charge is 0.234 e. The Morgan fingerprint density at radius 1 is 1.10 bits per heavy atom. The zero-order valence-electron chi connectivity index (χ0n) is 12.7. The number of benzene rings is 1. The van der Waals surface area contributed by atoms with Crippen LogP contribution in [0.25, 0.3) is 0 Å². The van der Waals surface area contributed by atoms with Gasteiger partial charge in [0, 0.05) is 17.1 Å². The summed E-state index contributed by atoms with van der Waals surface area (Å²) in [5, 5.41) is 3.55. The summed E-state index contributed by atoms with van der Waals surface area (Å²) in [6.45, 7) is 7.89. The fourth-order valence-corrected chi connectivity index (χ4v) is 2.57. The van der Waals surface area contributed by atoms with Crippen molar-refractivity contribution in [1.29, 1.82) is 0 Å². The van der Waals surface area contributed by atoms with Crippen molar-refractivity contribution in [2.45, 2.75) is 32.9 Å². The Kier molecular flexibility index (Phi) is 4.96. The topological polar surface area (TPSA) is 54.9 Å². The Balaban J connectivity index is 1.97. The molecule has 0 saturated heterocycles. The second kappa shape index (κ2) is 6.72. The summed E-state index contributed by atoms with van der Waals surface area (Å²) < 4.78 is 0. The van der Waals surface area contributed by atoms with Gasteiger partial charge in [-0.05, 0) is 44.9 Å². The molecule has 2 rings (SSSR count). The number of para-hydroxylation sites is 1. The lowest BCUT2D eigenvalue weighted by Crippen LogP contribution is -2.15. The first kappa shape index (κ1) is 15.5. The average Bonchev–Trinajstić information content (AvgIpc) is 2.45. The molecular weight excluding hydrogens is 282 g/mol. The van der Waals surface area contributed by atoms with Gasteiger partial charge in [0.2, 0.25) is 5.91 Å². The molecule has 1 N–H and O–H groups in total. The van der Waals surface area contributed by atoms with Gasteiger partial charge >= 0.3 is 0 Å². The highest BCUT2D eigenvalue weighted by Crippen LogP contribution is 2.18. The summed E-state index contributed by atoms with van der Waals surface area (Å²) in [6.07, 6.45) is 0. The van der Waals surface area contributed by atoms with E-state index in [9.17, 15) is 4.79 Å². The Bertz CT molecular complexity index is 647. The Morgan fingerprint density at radius 2 is 1.71 bits per heavy atom. The molecule has 1 heterocycles. The number of carbonyl (C=O) groups is 1. The van der Waals surface area contributed by atoms with E-state index in [1.54, 1.807) is 0 Å². The number of thioether (sulfide) groups is 1. The monoisotopic (exact) mass is 301 g/mol. The lowest BCUT2D eigenvalue weighted by atomic mass is 10.2. The predicted molar refractivity (Wildman–Crippen MR) is 86.8 cm³/mol. The SMILES string of the molecule is Cc1ccccc1NC(=O)CSc1nc(C)c(C)c(C)n1. The fourth-order valence-electron chi connectivity index (χ4n) is 1.84. The molecule has 1 amide bonds. The Hall–Kier alpha value is -1.88. The van der Waals surface area contributed by atoms with Crippen LogP contribution >= 0.6 is 11.8 Å². The summed E-state index contributed by atoms with van der Waals surface area (Å²) in [5.41, 5.74) is 4.92. The summed E-state index contributed by atoms with van der Waals surface area (Å²) in [6, 6.07) is 7.73. The third kappa shape index (κ3) is 4.04. The molecule has 1 aromatic carbocycles. The summed E-state index contributed by atoms with van der Waals surface area (Å²) in [7, 11) is 0. The Morgan fingerprint density at radius 3 is 2.33 bits per heavy atom. The van der Waals surface area contributed by atoms with Crippen LogP contribution < -0.4 is 5.32 Å². The van der Waals surface area contributed by atoms with Gasteiger partial charge in [0.1, 0.15) is 0 Å². The molecule has 0 aliphatic rings. The normalized spacial score (nSPS) is 10.5. The van der Waals surface area contributed by atoms with Crippen LogP contribution in [0, 0.1) is 27.7 Å². The summed E-state index contributed by atoms with van der Waals surface area (Å²) in [4.78, 5) is 20.8. The molecule has 0 aliphatic carbocycles. The second-order valence-corrected chi connectivity index (χ2v) is 5.90. The van der Waals surface area contributed by atoms with Gasteiger partial charge in [-0.1, -0.05) is 30.0 Å². The molecule has 110 valence electrons. The zero-order valence-corrected chi connectivity index (χ0v) is 13.5. The zero-order chi connectivity index (χ0) is 15.4. The van der Waals surface area contributed by atoms with E-state index in [2.05, 4.69) is 15.3 Å². The van der Waals surface area contributed by atoms with Crippen molar-refractivity contribution in [1.82, 2.24) is 9.97 Å². The van der Waals surface area contributed by atoms with E-state index in [0.29, 0.717) is 10.9 Å². The highest BCUT2D eigenvalue weighted by molar-refractivity contribution is 7.99. The molecule has 21 heavy (non-hydrogen) atoms. The number of hydrogen-bond donors (Lipinski definition) is 1.